The van der Waals surface area contributed by atoms with Crippen molar-refractivity contribution >= 4 is 0 Å². The number of piperazine rings is 1. The maximum atomic E-state index is 13.4. The van der Waals surface area contributed by atoms with E-state index in [1.54, 1.807) is 19.1 Å². The Balaban J connectivity index is 1.80. The fourth-order valence-corrected chi connectivity index (χ4v) is 2.56. The maximum Gasteiger partial charge on any atom is 0.240 e. The van der Waals surface area contributed by atoms with Gasteiger partial charge in [0, 0.05) is 25.7 Å². The summed E-state index contributed by atoms with van der Waals surface area (Å²) < 4.78 is 18.6. The van der Waals surface area contributed by atoms with Gasteiger partial charge in [0.2, 0.25) is 5.89 Å². The molecule has 1 saturated heterocycles. The summed E-state index contributed by atoms with van der Waals surface area (Å²) in [5.41, 5.74) is 0.966. The van der Waals surface area contributed by atoms with E-state index in [1.807, 2.05) is 6.07 Å². The van der Waals surface area contributed by atoms with E-state index in [9.17, 15) is 4.39 Å². The minimum Gasteiger partial charge on any atom is -0.338 e. The second kappa shape index (κ2) is 5.68. The molecule has 0 bridgehead atoms. The first kappa shape index (κ1) is 13.2. The second-order valence-electron chi connectivity index (χ2n) is 4.98. The van der Waals surface area contributed by atoms with Gasteiger partial charge in [-0.25, -0.2) is 4.39 Å². The summed E-state index contributed by atoms with van der Waals surface area (Å²) in [5, 5.41) is 7.15. The molecule has 0 radical (unpaired) electrons. The lowest BCUT2D eigenvalue weighted by Crippen LogP contribution is -2.45. The van der Waals surface area contributed by atoms with Gasteiger partial charge in [-0.1, -0.05) is 17.3 Å². The molecule has 6 heteroatoms. The monoisotopic (exact) mass is 276 g/mol. The van der Waals surface area contributed by atoms with Crippen LogP contribution in [-0.4, -0.2) is 34.7 Å². The molecule has 3 rings (SSSR count). The molecule has 5 nitrogen and oxygen atoms in total. The van der Waals surface area contributed by atoms with E-state index in [1.165, 1.54) is 6.07 Å². The summed E-state index contributed by atoms with van der Waals surface area (Å²) in [4.78, 5) is 6.47. The minimum atomic E-state index is -0.207. The highest BCUT2D eigenvalue weighted by Crippen LogP contribution is 2.24. The molecule has 1 aliphatic heterocycles. The molecule has 1 N–H and O–H groups in total. The SMILES string of the molecule is Cc1noc(CN2CCNCC2c2cccc(F)c2)n1. The summed E-state index contributed by atoms with van der Waals surface area (Å²) in [6, 6.07) is 6.86. The Morgan fingerprint density at radius 2 is 2.40 bits per heavy atom. The van der Waals surface area contributed by atoms with Gasteiger partial charge < -0.3 is 9.84 Å². The van der Waals surface area contributed by atoms with Crippen molar-refractivity contribution in [2.24, 2.45) is 0 Å². The third-order valence-electron chi connectivity index (χ3n) is 3.50. The van der Waals surface area contributed by atoms with Gasteiger partial charge in [-0.15, -0.1) is 0 Å². The number of hydrogen-bond acceptors (Lipinski definition) is 5. The fraction of sp³-hybridized carbons (Fsp3) is 0.429. The Morgan fingerprint density at radius 3 is 3.15 bits per heavy atom. The van der Waals surface area contributed by atoms with Gasteiger partial charge in [-0.3, -0.25) is 4.90 Å². The van der Waals surface area contributed by atoms with Crippen molar-refractivity contribution in [2.45, 2.75) is 19.5 Å². The predicted molar refractivity (Wildman–Crippen MR) is 71.5 cm³/mol. The van der Waals surface area contributed by atoms with E-state index in [-0.39, 0.29) is 11.9 Å². The average Bonchev–Trinajstić information content (AvgIpc) is 2.85. The first-order chi connectivity index (χ1) is 9.72. The molecule has 1 aromatic carbocycles. The van der Waals surface area contributed by atoms with E-state index in [2.05, 4.69) is 20.4 Å². The van der Waals surface area contributed by atoms with Gasteiger partial charge in [0.25, 0.3) is 0 Å². The zero-order valence-electron chi connectivity index (χ0n) is 11.3. The Bertz CT molecular complexity index is 586. The van der Waals surface area contributed by atoms with Crippen LogP contribution >= 0.6 is 0 Å². The summed E-state index contributed by atoms with van der Waals surface area (Å²) in [6.07, 6.45) is 0. The standard InChI is InChI=1S/C14H17FN4O/c1-10-17-14(20-18-10)9-19-6-5-16-8-13(19)11-3-2-4-12(15)7-11/h2-4,7,13,16H,5-6,8-9H2,1H3. The molecule has 20 heavy (non-hydrogen) atoms. The first-order valence-electron chi connectivity index (χ1n) is 6.72. The molecule has 0 amide bonds. The van der Waals surface area contributed by atoms with Crippen molar-refractivity contribution in [2.75, 3.05) is 19.6 Å². The lowest BCUT2D eigenvalue weighted by Gasteiger charge is -2.35. The molecule has 1 aliphatic rings. The molecule has 2 aromatic rings. The molecule has 106 valence electrons. The van der Waals surface area contributed by atoms with Crippen LogP contribution in [0, 0.1) is 12.7 Å². The highest BCUT2D eigenvalue weighted by molar-refractivity contribution is 5.21. The summed E-state index contributed by atoms with van der Waals surface area (Å²) in [5.74, 6) is 1.03. The Hall–Kier alpha value is -1.79. The normalized spacial score (nSPS) is 20.2. The van der Waals surface area contributed by atoms with Gasteiger partial charge in [-0.2, -0.15) is 4.98 Å². The van der Waals surface area contributed by atoms with Crippen molar-refractivity contribution in [1.29, 1.82) is 0 Å². The van der Waals surface area contributed by atoms with Gasteiger partial charge in [0.15, 0.2) is 5.82 Å². The lowest BCUT2D eigenvalue weighted by molar-refractivity contribution is 0.135. The van der Waals surface area contributed by atoms with Crippen LogP contribution in [0.4, 0.5) is 4.39 Å². The van der Waals surface area contributed by atoms with E-state index in [4.69, 9.17) is 4.52 Å². The molecule has 1 aromatic heterocycles. The number of hydrogen-bond donors (Lipinski definition) is 1. The molecule has 1 unspecified atom stereocenters. The second-order valence-corrected chi connectivity index (χ2v) is 4.98. The van der Waals surface area contributed by atoms with Crippen LogP contribution in [-0.2, 0) is 6.54 Å². The third kappa shape index (κ3) is 2.86. The molecule has 2 heterocycles. The highest BCUT2D eigenvalue weighted by Gasteiger charge is 2.25. The molecular formula is C14H17FN4O. The zero-order chi connectivity index (χ0) is 13.9. The van der Waals surface area contributed by atoms with Crippen molar-refractivity contribution < 1.29 is 8.91 Å². The number of rotatable bonds is 3. The van der Waals surface area contributed by atoms with Crippen molar-refractivity contribution in [3.63, 3.8) is 0 Å². The quantitative estimate of drug-likeness (QED) is 0.924. The van der Waals surface area contributed by atoms with Crippen LogP contribution in [0.3, 0.4) is 0 Å². The minimum absolute atomic E-state index is 0.117. The van der Waals surface area contributed by atoms with Gasteiger partial charge in [-0.05, 0) is 24.6 Å². The predicted octanol–water partition coefficient (Wildman–Crippen LogP) is 1.66. The largest absolute Gasteiger partial charge is 0.338 e. The van der Waals surface area contributed by atoms with Crippen LogP contribution in [0.25, 0.3) is 0 Å². The van der Waals surface area contributed by atoms with Crippen LogP contribution < -0.4 is 5.32 Å². The van der Waals surface area contributed by atoms with E-state index < -0.39 is 0 Å². The number of benzene rings is 1. The molecular weight excluding hydrogens is 259 g/mol. The van der Waals surface area contributed by atoms with Crippen LogP contribution in [0.15, 0.2) is 28.8 Å². The number of nitrogens with zero attached hydrogens (tertiary/aromatic N) is 3. The van der Waals surface area contributed by atoms with E-state index >= 15 is 0 Å². The summed E-state index contributed by atoms with van der Waals surface area (Å²) in [7, 11) is 0. The zero-order valence-corrected chi connectivity index (χ0v) is 11.3. The molecule has 1 atom stereocenters. The summed E-state index contributed by atoms with van der Waals surface area (Å²) in [6.45, 7) is 4.94. The van der Waals surface area contributed by atoms with Crippen LogP contribution in [0.5, 0.6) is 0 Å². The van der Waals surface area contributed by atoms with E-state index in [0.29, 0.717) is 18.3 Å². The topological polar surface area (TPSA) is 54.2 Å². The maximum absolute atomic E-state index is 13.4. The lowest BCUT2D eigenvalue weighted by atomic mass is 10.0. The highest BCUT2D eigenvalue weighted by atomic mass is 19.1. The van der Waals surface area contributed by atoms with Gasteiger partial charge in [0.05, 0.1) is 6.54 Å². The van der Waals surface area contributed by atoms with Gasteiger partial charge >= 0.3 is 0 Å². The molecule has 1 fully saturated rings. The first-order valence-corrected chi connectivity index (χ1v) is 6.72. The number of nitrogens with one attached hydrogen (secondary N) is 1. The number of aryl methyl sites for hydroxylation is 1. The van der Waals surface area contributed by atoms with Crippen molar-refractivity contribution in [1.82, 2.24) is 20.4 Å². The Labute approximate surface area is 116 Å². The van der Waals surface area contributed by atoms with E-state index in [0.717, 1.165) is 25.2 Å². The van der Waals surface area contributed by atoms with Crippen LogP contribution in [0.2, 0.25) is 0 Å². The molecule has 0 spiro atoms. The molecule has 0 saturated carbocycles. The average molecular weight is 276 g/mol. The van der Waals surface area contributed by atoms with Crippen LogP contribution in [0.1, 0.15) is 23.3 Å². The fourth-order valence-electron chi connectivity index (χ4n) is 2.56. The molecule has 0 aliphatic carbocycles. The van der Waals surface area contributed by atoms with Gasteiger partial charge in [0.1, 0.15) is 5.82 Å². The summed E-state index contributed by atoms with van der Waals surface area (Å²) >= 11 is 0. The number of aromatic nitrogens is 2. The number of halogens is 1. The van der Waals surface area contributed by atoms with Crippen molar-refractivity contribution in [3.05, 3.63) is 47.4 Å². The smallest absolute Gasteiger partial charge is 0.240 e. The third-order valence-corrected chi connectivity index (χ3v) is 3.50. The Kier molecular flexibility index (Phi) is 3.75. The van der Waals surface area contributed by atoms with Crippen molar-refractivity contribution in [3.8, 4) is 0 Å². The Morgan fingerprint density at radius 1 is 1.50 bits per heavy atom.